The standard InChI is InChI=1S/C35H30Cl3N3O4S.C2HF3O2/c36-25-8-3-21(4-9-25)33(22-5-10-26(37)11-6-22)24-7-14-31-32(19-24)41(34(39-31)23-1-2-23)27-15-17-40(18-16-27)46(44,45)28-12-13-29(35(42)43)30(38)20-28;3-2(4,5)1(6)7/h3-14,19-20,23,27,33H,1-2,15-18H2,(H,42,43);(H,6,7). The first-order valence-electron chi connectivity index (χ1n) is 16.4. The lowest BCUT2D eigenvalue weighted by molar-refractivity contribution is -0.192. The fourth-order valence-electron chi connectivity index (χ4n) is 6.53. The van der Waals surface area contributed by atoms with Gasteiger partial charge in [0.1, 0.15) is 5.82 Å². The summed E-state index contributed by atoms with van der Waals surface area (Å²) < 4.78 is 62.6. The highest BCUT2D eigenvalue weighted by Crippen LogP contribution is 2.44. The van der Waals surface area contributed by atoms with Crippen LogP contribution in [0, 0.1) is 0 Å². The zero-order valence-electron chi connectivity index (χ0n) is 27.6. The van der Waals surface area contributed by atoms with Crippen molar-refractivity contribution in [3.63, 3.8) is 0 Å². The third kappa shape index (κ3) is 8.49. The Bertz CT molecular complexity index is 2230. The van der Waals surface area contributed by atoms with E-state index >= 15 is 0 Å². The molecule has 0 bridgehead atoms. The SMILES string of the molecule is O=C(O)C(F)(F)F.O=C(O)c1ccc(S(=O)(=O)N2CCC(n3c(C4CC4)nc4ccc(C(c5ccc(Cl)cc5)c5ccc(Cl)cc5)cc43)CC2)cc1Cl. The van der Waals surface area contributed by atoms with Gasteiger partial charge in [0.15, 0.2) is 0 Å². The number of aromatic carboxylic acids is 1. The maximum Gasteiger partial charge on any atom is 0.490 e. The molecule has 2 heterocycles. The first-order valence-corrected chi connectivity index (χ1v) is 19.0. The normalized spacial score (nSPS) is 15.7. The van der Waals surface area contributed by atoms with Gasteiger partial charge in [0.25, 0.3) is 0 Å². The Morgan fingerprint density at radius 1 is 0.774 bits per heavy atom. The molecule has 1 aliphatic carbocycles. The third-order valence-electron chi connectivity index (χ3n) is 9.26. The highest BCUT2D eigenvalue weighted by Gasteiger charge is 2.38. The lowest BCUT2D eigenvalue weighted by Gasteiger charge is -2.33. The highest BCUT2D eigenvalue weighted by atomic mass is 35.5. The minimum Gasteiger partial charge on any atom is -0.478 e. The summed E-state index contributed by atoms with van der Waals surface area (Å²) in [5.41, 5.74) is 5.17. The zero-order chi connectivity index (χ0) is 38.2. The van der Waals surface area contributed by atoms with E-state index in [1.54, 1.807) is 0 Å². The summed E-state index contributed by atoms with van der Waals surface area (Å²) in [5.74, 6) is -2.55. The van der Waals surface area contributed by atoms with Crippen LogP contribution in [-0.4, -0.2) is 63.7 Å². The highest BCUT2D eigenvalue weighted by molar-refractivity contribution is 7.89. The van der Waals surface area contributed by atoms with Crippen molar-refractivity contribution < 1.29 is 41.4 Å². The number of sulfonamides is 1. The van der Waals surface area contributed by atoms with Crippen LogP contribution in [0.5, 0.6) is 0 Å². The lowest BCUT2D eigenvalue weighted by atomic mass is 9.85. The summed E-state index contributed by atoms with van der Waals surface area (Å²) in [6.07, 6.45) is -1.66. The van der Waals surface area contributed by atoms with Gasteiger partial charge in [-0.1, -0.05) is 65.1 Å². The number of carbonyl (C=O) groups is 2. The number of aromatic nitrogens is 2. The van der Waals surface area contributed by atoms with Crippen molar-refractivity contribution in [1.82, 2.24) is 13.9 Å². The average molecular weight is 809 g/mol. The summed E-state index contributed by atoms with van der Waals surface area (Å²) in [5, 5.41) is 17.7. The van der Waals surface area contributed by atoms with Crippen LogP contribution in [0.1, 0.15) is 76.4 Å². The number of fused-ring (bicyclic) bond motifs is 1. The van der Waals surface area contributed by atoms with Crippen molar-refractivity contribution in [2.45, 2.75) is 54.6 Å². The molecule has 1 saturated carbocycles. The molecule has 9 nitrogen and oxygen atoms in total. The van der Waals surface area contributed by atoms with Crippen molar-refractivity contribution in [3.05, 3.63) is 128 Å². The molecule has 0 atom stereocenters. The van der Waals surface area contributed by atoms with Crippen LogP contribution in [0.3, 0.4) is 0 Å². The van der Waals surface area contributed by atoms with Gasteiger partial charge in [-0.05, 0) is 97.0 Å². The van der Waals surface area contributed by atoms with Crippen LogP contribution in [0.25, 0.3) is 11.0 Å². The van der Waals surface area contributed by atoms with Crippen molar-refractivity contribution in [1.29, 1.82) is 0 Å². The van der Waals surface area contributed by atoms with Crippen molar-refractivity contribution in [3.8, 4) is 0 Å². The molecule has 53 heavy (non-hydrogen) atoms. The zero-order valence-corrected chi connectivity index (χ0v) is 30.7. The smallest absolute Gasteiger partial charge is 0.478 e. The van der Waals surface area contributed by atoms with Gasteiger partial charge in [0.05, 0.1) is 26.5 Å². The Balaban J connectivity index is 0.000000626. The van der Waals surface area contributed by atoms with Crippen LogP contribution >= 0.6 is 34.8 Å². The third-order valence-corrected chi connectivity index (χ3v) is 12.0. The van der Waals surface area contributed by atoms with E-state index < -0.39 is 28.1 Å². The van der Waals surface area contributed by atoms with E-state index in [4.69, 9.17) is 49.7 Å². The second-order valence-electron chi connectivity index (χ2n) is 12.8. The van der Waals surface area contributed by atoms with E-state index in [0.29, 0.717) is 41.9 Å². The molecule has 5 aromatic rings. The van der Waals surface area contributed by atoms with Crippen molar-refractivity contribution in [2.75, 3.05) is 13.1 Å². The van der Waals surface area contributed by atoms with Crippen LogP contribution in [0.15, 0.2) is 89.8 Å². The number of benzene rings is 4. The molecule has 1 aromatic heterocycles. The molecular formula is C37H31Cl3F3N3O6S. The fourth-order valence-corrected chi connectivity index (χ4v) is 8.60. The van der Waals surface area contributed by atoms with Gasteiger partial charge >= 0.3 is 18.1 Å². The molecule has 0 radical (unpaired) electrons. The molecule has 0 amide bonds. The molecule has 16 heteroatoms. The molecule has 4 aromatic carbocycles. The largest absolute Gasteiger partial charge is 0.490 e. The molecule has 278 valence electrons. The van der Waals surface area contributed by atoms with E-state index in [1.165, 1.54) is 22.5 Å². The second kappa shape index (κ2) is 15.3. The quantitative estimate of drug-likeness (QED) is 0.150. The van der Waals surface area contributed by atoms with E-state index in [0.717, 1.165) is 46.4 Å². The maximum atomic E-state index is 13.5. The van der Waals surface area contributed by atoms with E-state index in [-0.39, 0.29) is 27.4 Å². The number of hydrogen-bond donors (Lipinski definition) is 2. The van der Waals surface area contributed by atoms with Gasteiger partial charge in [-0.2, -0.15) is 17.5 Å². The van der Waals surface area contributed by atoms with Gasteiger partial charge < -0.3 is 14.8 Å². The monoisotopic (exact) mass is 807 g/mol. The number of aliphatic carboxylic acids is 1. The number of carboxylic acid groups (broad SMARTS) is 2. The minimum absolute atomic E-state index is 0.00668. The molecule has 1 aliphatic heterocycles. The molecule has 0 spiro atoms. The van der Waals surface area contributed by atoms with Crippen LogP contribution in [-0.2, 0) is 14.8 Å². The van der Waals surface area contributed by atoms with Gasteiger partial charge in [-0.15, -0.1) is 0 Å². The number of halogens is 6. The predicted molar refractivity (Wildman–Crippen MR) is 195 cm³/mol. The number of piperidine rings is 1. The number of nitrogens with zero attached hydrogens (tertiary/aromatic N) is 3. The number of carboxylic acids is 2. The molecule has 2 fully saturated rings. The van der Waals surface area contributed by atoms with Gasteiger partial charge in [-0.3, -0.25) is 0 Å². The molecule has 2 aliphatic rings. The predicted octanol–water partition coefficient (Wildman–Crippen LogP) is 9.41. The fraction of sp³-hybridized carbons (Fsp3) is 0.270. The number of alkyl halides is 3. The summed E-state index contributed by atoms with van der Waals surface area (Å²) >= 11 is 18.6. The Kier molecular flexibility index (Phi) is 11.1. The topological polar surface area (TPSA) is 130 Å². The molecule has 2 N–H and O–H groups in total. The van der Waals surface area contributed by atoms with Crippen molar-refractivity contribution >= 4 is 67.8 Å². The second-order valence-corrected chi connectivity index (χ2v) is 16.0. The Labute approximate surface area is 317 Å². The maximum absolute atomic E-state index is 13.5. The van der Waals surface area contributed by atoms with Gasteiger partial charge in [0, 0.05) is 41.0 Å². The summed E-state index contributed by atoms with van der Waals surface area (Å²) in [4.78, 5) is 25.4. The average Bonchev–Trinajstić information content (AvgIpc) is 3.89. The Morgan fingerprint density at radius 3 is 1.77 bits per heavy atom. The van der Waals surface area contributed by atoms with Crippen LogP contribution in [0.4, 0.5) is 13.2 Å². The van der Waals surface area contributed by atoms with Crippen LogP contribution < -0.4 is 0 Å². The first kappa shape index (κ1) is 38.6. The van der Waals surface area contributed by atoms with Gasteiger partial charge in [0.2, 0.25) is 10.0 Å². The number of rotatable bonds is 8. The summed E-state index contributed by atoms with van der Waals surface area (Å²) in [7, 11) is -3.85. The van der Waals surface area contributed by atoms with Crippen molar-refractivity contribution in [2.24, 2.45) is 0 Å². The lowest BCUT2D eigenvalue weighted by Crippen LogP contribution is -2.39. The van der Waals surface area contributed by atoms with Gasteiger partial charge in [-0.25, -0.2) is 23.0 Å². The van der Waals surface area contributed by atoms with E-state index in [1.807, 2.05) is 24.3 Å². The molecule has 7 rings (SSSR count). The molecule has 0 unspecified atom stereocenters. The van der Waals surface area contributed by atoms with E-state index in [9.17, 15) is 31.5 Å². The van der Waals surface area contributed by atoms with E-state index in [2.05, 4.69) is 47.0 Å². The first-order chi connectivity index (χ1) is 25.0. The Morgan fingerprint density at radius 2 is 1.30 bits per heavy atom. The number of imidazole rings is 1. The number of hydrogen-bond acceptors (Lipinski definition) is 5. The van der Waals surface area contributed by atoms with Crippen LogP contribution in [0.2, 0.25) is 15.1 Å². The molecular weight excluding hydrogens is 778 g/mol. The Hall–Kier alpha value is -4.14. The summed E-state index contributed by atoms with van der Waals surface area (Å²) in [6, 6.07) is 26.1. The molecule has 1 saturated heterocycles. The summed E-state index contributed by atoms with van der Waals surface area (Å²) in [6.45, 7) is 0.653. The minimum atomic E-state index is -5.08.